The summed E-state index contributed by atoms with van der Waals surface area (Å²) in [6.45, 7) is -0.256. The van der Waals surface area contributed by atoms with Gasteiger partial charge in [-0.05, 0) is 12.1 Å². The van der Waals surface area contributed by atoms with Gasteiger partial charge in [-0.15, -0.1) is 0 Å². The van der Waals surface area contributed by atoms with Crippen molar-refractivity contribution in [3.63, 3.8) is 0 Å². The van der Waals surface area contributed by atoms with Gasteiger partial charge in [-0.1, -0.05) is 6.07 Å². The molecule has 7 heteroatoms. The Bertz CT molecular complexity index is 592. The second-order valence-electron chi connectivity index (χ2n) is 4.07. The van der Waals surface area contributed by atoms with E-state index in [1.807, 2.05) is 0 Å². The molecule has 1 aliphatic heterocycles. The van der Waals surface area contributed by atoms with Crippen LogP contribution in [0, 0.1) is 10.4 Å². The Kier molecular flexibility index (Phi) is 3.88. The molecule has 0 aromatic heterocycles. The van der Waals surface area contributed by atoms with Crippen LogP contribution in [0.1, 0.15) is 0 Å². The first-order chi connectivity index (χ1) is 9.13. The van der Waals surface area contributed by atoms with Crippen LogP contribution in [-0.2, 0) is 0 Å². The van der Waals surface area contributed by atoms with Crippen LogP contribution >= 0.6 is 0 Å². The van der Waals surface area contributed by atoms with Crippen molar-refractivity contribution >= 4 is 5.69 Å². The molecule has 0 fully saturated rings. The van der Waals surface area contributed by atoms with Crippen molar-refractivity contribution in [2.75, 3.05) is 18.5 Å². The van der Waals surface area contributed by atoms with Gasteiger partial charge < -0.3 is 30.9 Å². The summed E-state index contributed by atoms with van der Waals surface area (Å²) in [6.07, 6.45) is 0.738. The number of hydrogen-bond acceptors (Lipinski definition) is 5. The Morgan fingerprint density at radius 3 is 2.79 bits per heavy atom. The molecule has 7 nitrogen and oxygen atoms in total. The summed E-state index contributed by atoms with van der Waals surface area (Å²) in [5, 5.41) is 43.0. The Morgan fingerprint density at radius 2 is 2.11 bits per heavy atom. The molecule has 102 valence electrons. The lowest BCUT2D eigenvalue weighted by molar-refractivity contribution is 0.105. The van der Waals surface area contributed by atoms with Crippen molar-refractivity contribution in [1.29, 1.82) is 0 Å². The van der Waals surface area contributed by atoms with Crippen LogP contribution in [0.25, 0.3) is 11.3 Å². The number of hydrogen-bond donors (Lipinski definition) is 4. The number of H-pyrrole nitrogens is 1. The predicted molar refractivity (Wildman–Crippen MR) is 71.0 cm³/mol. The van der Waals surface area contributed by atoms with Crippen LogP contribution in [-0.4, -0.2) is 34.5 Å². The lowest BCUT2D eigenvalue weighted by atomic mass is 10.1. The molecule has 0 spiro atoms. The summed E-state index contributed by atoms with van der Waals surface area (Å²) in [4.78, 5) is 2.48. The first-order valence-corrected chi connectivity index (χ1v) is 5.74. The third-order valence-electron chi connectivity index (χ3n) is 2.74. The van der Waals surface area contributed by atoms with Crippen molar-refractivity contribution < 1.29 is 10.2 Å². The molecular formula is C12H14N3O4-. The molecule has 2 aliphatic rings. The van der Waals surface area contributed by atoms with E-state index in [-0.39, 0.29) is 18.5 Å². The summed E-state index contributed by atoms with van der Waals surface area (Å²) >= 11 is 0. The highest BCUT2D eigenvalue weighted by molar-refractivity contribution is 5.75. The second-order valence-corrected chi connectivity index (χ2v) is 4.07. The number of benzene rings is 1. The maximum Gasteiger partial charge on any atom is 0.234 e. The first kappa shape index (κ1) is 13.2. The van der Waals surface area contributed by atoms with Gasteiger partial charge in [-0.2, -0.15) is 4.90 Å². The molecule has 0 amide bonds. The minimum Gasteiger partial charge on any atom is -0.612 e. The second kappa shape index (κ2) is 5.59. The summed E-state index contributed by atoms with van der Waals surface area (Å²) < 4.78 is 0. The summed E-state index contributed by atoms with van der Waals surface area (Å²) in [5.74, 6) is 0. The Hall–Kier alpha value is -2.25. The van der Waals surface area contributed by atoms with Crippen LogP contribution in [0.3, 0.4) is 0 Å². The molecule has 1 aliphatic carbocycles. The van der Waals surface area contributed by atoms with Crippen LogP contribution in [0.15, 0.2) is 30.5 Å². The predicted octanol–water partition coefficient (Wildman–Crippen LogP) is -0.348. The largest absolute Gasteiger partial charge is 0.612 e. The fourth-order valence-electron chi connectivity index (χ4n) is 1.83. The van der Waals surface area contributed by atoms with Gasteiger partial charge in [-0.3, -0.25) is 0 Å². The summed E-state index contributed by atoms with van der Waals surface area (Å²) in [5.41, 5.74) is 1.60. The van der Waals surface area contributed by atoms with Crippen molar-refractivity contribution in [1.82, 2.24) is 9.89 Å². The highest BCUT2D eigenvalue weighted by Crippen LogP contribution is 2.23. The molecule has 0 saturated heterocycles. The Balaban J connectivity index is 2.48. The number of pyridine rings is 1. The third-order valence-corrected chi connectivity index (χ3v) is 2.74. The fourth-order valence-corrected chi connectivity index (χ4v) is 1.83. The van der Waals surface area contributed by atoms with E-state index in [4.69, 9.17) is 5.11 Å². The van der Waals surface area contributed by atoms with Crippen LogP contribution in [0.2, 0.25) is 0 Å². The average molecular weight is 264 g/mol. The number of anilines is 1. The van der Waals surface area contributed by atoms with Gasteiger partial charge in [0.1, 0.15) is 0 Å². The van der Waals surface area contributed by atoms with E-state index in [1.54, 1.807) is 24.4 Å². The highest BCUT2D eigenvalue weighted by atomic mass is 16.8. The van der Waals surface area contributed by atoms with E-state index in [2.05, 4.69) is 10.3 Å². The normalized spacial score (nSPS) is 12.3. The zero-order valence-corrected chi connectivity index (χ0v) is 10.0. The van der Waals surface area contributed by atoms with Crippen LogP contribution < -0.4 is 15.6 Å². The summed E-state index contributed by atoms with van der Waals surface area (Å²) in [7, 11) is 0. The van der Waals surface area contributed by atoms with Gasteiger partial charge in [0, 0.05) is 18.8 Å². The molecule has 4 N–H and O–H groups in total. The zero-order chi connectivity index (χ0) is 13.8. The average Bonchev–Trinajstić information content (AvgIpc) is 2.43. The molecule has 1 atom stereocenters. The summed E-state index contributed by atoms with van der Waals surface area (Å²) in [6, 6.07) is 6.41. The molecule has 2 rings (SSSR count). The monoisotopic (exact) mass is 264 g/mol. The highest BCUT2D eigenvalue weighted by Gasteiger charge is 2.14. The molecule has 0 bridgehead atoms. The van der Waals surface area contributed by atoms with Crippen molar-refractivity contribution in [2.24, 2.45) is 0 Å². The minimum absolute atomic E-state index is 0.0182. The molecule has 0 saturated carbocycles. The maximum atomic E-state index is 11.0. The molecule has 1 unspecified atom stereocenters. The van der Waals surface area contributed by atoms with Crippen molar-refractivity contribution in [2.45, 2.75) is 6.10 Å². The third kappa shape index (κ3) is 2.78. The van der Waals surface area contributed by atoms with Gasteiger partial charge in [0.2, 0.25) is 5.36 Å². The van der Waals surface area contributed by atoms with Crippen molar-refractivity contribution in [3.8, 4) is 11.3 Å². The lowest BCUT2D eigenvalue weighted by Gasteiger charge is -2.16. The number of aromatic amines is 1. The van der Waals surface area contributed by atoms with Gasteiger partial charge in [0.15, 0.2) is 0 Å². The molecule has 0 aromatic carbocycles. The van der Waals surface area contributed by atoms with E-state index in [0.29, 0.717) is 16.9 Å². The van der Waals surface area contributed by atoms with Crippen LogP contribution in [0.4, 0.5) is 5.69 Å². The SMILES string of the molecule is [O-][N+]([O-])=c1cccc2[nH]ccc(NCC(O)CO)c1-2. The molecule has 0 radical (unpaired) electrons. The van der Waals surface area contributed by atoms with Gasteiger partial charge in [0.05, 0.1) is 29.7 Å². The topological polar surface area (TPSA) is 117 Å². The van der Waals surface area contributed by atoms with E-state index in [9.17, 15) is 15.5 Å². The number of aliphatic hydroxyl groups excluding tert-OH is 2. The van der Waals surface area contributed by atoms with E-state index >= 15 is 0 Å². The number of fused-ring (bicyclic) bond motifs is 1. The number of nitrogens with zero attached hydrogens (tertiary/aromatic N) is 1. The van der Waals surface area contributed by atoms with Crippen LogP contribution in [0.5, 0.6) is 0 Å². The van der Waals surface area contributed by atoms with E-state index < -0.39 is 11.0 Å². The molecule has 19 heavy (non-hydrogen) atoms. The fraction of sp³-hybridized carbons (Fsp3) is 0.250. The van der Waals surface area contributed by atoms with E-state index in [1.165, 1.54) is 6.07 Å². The smallest absolute Gasteiger partial charge is 0.234 e. The lowest BCUT2D eigenvalue weighted by Crippen LogP contribution is -2.26. The molecular weight excluding hydrogens is 250 g/mol. The molecule has 1 heterocycles. The number of aromatic nitrogens is 1. The van der Waals surface area contributed by atoms with Gasteiger partial charge in [-0.25, -0.2) is 0 Å². The molecule has 0 aromatic rings. The standard InChI is InChI=1S/C12H14N3O4/c16-7-8(17)6-14-10-4-5-13-9-2-1-3-11(12(9)10)15(18)19/h1-5,8,13-14,16-17H,6-7H2/q-1. The van der Waals surface area contributed by atoms with E-state index in [0.717, 1.165) is 0 Å². The Morgan fingerprint density at radius 1 is 1.32 bits per heavy atom. The first-order valence-electron chi connectivity index (χ1n) is 5.74. The number of aliphatic hydroxyl groups is 2. The minimum atomic E-state index is -0.915. The Labute approximate surface area is 109 Å². The maximum absolute atomic E-state index is 11.0. The van der Waals surface area contributed by atoms with Crippen molar-refractivity contribution in [3.05, 3.63) is 46.2 Å². The van der Waals surface area contributed by atoms with Gasteiger partial charge >= 0.3 is 0 Å². The number of nitrogens with one attached hydrogen (secondary N) is 2. The zero-order valence-electron chi connectivity index (χ0n) is 10.0. The quantitative estimate of drug-likeness (QED) is 0.563. The van der Waals surface area contributed by atoms with Gasteiger partial charge in [0.25, 0.3) is 0 Å². The number of rotatable bonds is 4.